The molecule has 0 bridgehead atoms. The number of anilines is 2. The topological polar surface area (TPSA) is 91.7 Å². The van der Waals surface area contributed by atoms with E-state index in [1.54, 1.807) is 25.3 Å². The molecule has 2 aromatic carbocycles. The van der Waals surface area contributed by atoms with Crippen LogP contribution < -0.4 is 14.8 Å². The molecule has 0 aliphatic heterocycles. The zero-order chi connectivity index (χ0) is 22.8. The number of halogens is 1. The Kier molecular flexibility index (Phi) is 5.81. The second kappa shape index (κ2) is 8.70. The minimum Gasteiger partial charge on any atom is -0.493 e. The van der Waals surface area contributed by atoms with E-state index < -0.39 is 11.8 Å². The van der Waals surface area contributed by atoms with Crippen LogP contribution in [-0.2, 0) is 16.0 Å². The highest BCUT2D eigenvalue weighted by Gasteiger charge is 2.31. The highest BCUT2D eigenvalue weighted by molar-refractivity contribution is 5.92. The number of hydrogen-bond acceptors (Lipinski definition) is 7. The molecule has 0 saturated heterocycles. The van der Waals surface area contributed by atoms with E-state index in [2.05, 4.69) is 15.2 Å². The van der Waals surface area contributed by atoms with E-state index in [1.807, 2.05) is 6.07 Å². The van der Waals surface area contributed by atoms with Crippen molar-refractivity contribution in [3.05, 3.63) is 53.3 Å². The van der Waals surface area contributed by atoms with Crippen molar-refractivity contribution >= 4 is 23.4 Å². The van der Waals surface area contributed by atoms with Gasteiger partial charge in [0.25, 0.3) is 0 Å². The summed E-state index contributed by atoms with van der Waals surface area (Å²) in [5.74, 6) is 0.304. The summed E-state index contributed by atoms with van der Waals surface area (Å²) in [7, 11) is 4.37. The van der Waals surface area contributed by atoms with E-state index in [0.29, 0.717) is 35.1 Å². The van der Waals surface area contributed by atoms with Crippen LogP contribution in [0.15, 0.2) is 36.4 Å². The molecule has 1 aliphatic rings. The number of fused-ring (bicyclic) bond motifs is 3. The SMILES string of the molecule is COC(=O)CCC(=O)n1nc(Nc2cccc(F)c2)c2c1-c1cc(OC)c(OC)cc1C2. The quantitative estimate of drug-likeness (QED) is 0.436. The molecule has 4 rings (SSSR count). The number of benzene rings is 2. The first-order chi connectivity index (χ1) is 15.4. The van der Waals surface area contributed by atoms with Crippen molar-refractivity contribution in [3.63, 3.8) is 0 Å². The Bertz CT molecular complexity index is 1200. The van der Waals surface area contributed by atoms with Crippen molar-refractivity contribution in [2.45, 2.75) is 19.3 Å². The Morgan fingerprint density at radius 1 is 1.09 bits per heavy atom. The van der Waals surface area contributed by atoms with Gasteiger partial charge in [0, 0.05) is 29.7 Å². The van der Waals surface area contributed by atoms with Gasteiger partial charge >= 0.3 is 5.97 Å². The maximum Gasteiger partial charge on any atom is 0.306 e. The molecule has 1 aromatic heterocycles. The van der Waals surface area contributed by atoms with Gasteiger partial charge in [0.05, 0.1) is 33.4 Å². The number of hydrogen-bond donors (Lipinski definition) is 1. The molecule has 0 fully saturated rings. The molecule has 1 N–H and O–H groups in total. The van der Waals surface area contributed by atoms with Crippen LogP contribution in [0.4, 0.5) is 15.9 Å². The largest absolute Gasteiger partial charge is 0.493 e. The summed E-state index contributed by atoms with van der Waals surface area (Å²) in [5.41, 5.74) is 3.61. The monoisotopic (exact) mass is 439 g/mol. The summed E-state index contributed by atoms with van der Waals surface area (Å²) in [6.07, 6.45) is 0.366. The van der Waals surface area contributed by atoms with Crippen LogP contribution in [0.5, 0.6) is 11.5 Å². The third-order valence-electron chi connectivity index (χ3n) is 5.31. The van der Waals surface area contributed by atoms with Crippen molar-refractivity contribution in [1.82, 2.24) is 9.78 Å². The lowest BCUT2D eigenvalue weighted by Gasteiger charge is -2.12. The fourth-order valence-corrected chi connectivity index (χ4v) is 3.77. The average molecular weight is 439 g/mol. The maximum absolute atomic E-state index is 13.7. The van der Waals surface area contributed by atoms with Crippen molar-refractivity contribution in [1.29, 1.82) is 0 Å². The van der Waals surface area contributed by atoms with E-state index in [1.165, 1.54) is 31.0 Å². The Labute approximate surface area is 183 Å². The Balaban J connectivity index is 1.79. The van der Waals surface area contributed by atoms with Crippen LogP contribution in [0.2, 0.25) is 0 Å². The van der Waals surface area contributed by atoms with Crippen molar-refractivity contribution in [2.24, 2.45) is 0 Å². The van der Waals surface area contributed by atoms with Crippen molar-refractivity contribution < 1.29 is 28.2 Å². The van der Waals surface area contributed by atoms with Gasteiger partial charge in [-0.3, -0.25) is 9.59 Å². The van der Waals surface area contributed by atoms with E-state index >= 15 is 0 Å². The van der Waals surface area contributed by atoms with Crippen LogP contribution >= 0.6 is 0 Å². The highest BCUT2D eigenvalue weighted by atomic mass is 19.1. The van der Waals surface area contributed by atoms with E-state index in [0.717, 1.165) is 16.7 Å². The lowest BCUT2D eigenvalue weighted by molar-refractivity contribution is -0.140. The zero-order valence-electron chi connectivity index (χ0n) is 17.9. The third-order valence-corrected chi connectivity index (χ3v) is 5.31. The lowest BCUT2D eigenvalue weighted by atomic mass is 10.1. The molecular formula is C23H22FN3O5. The minimum atomic E-state index is -0.480. The third kappa shape index (κ3) is 3.89. The normalized spacial score (nSPS) is 11.5. The molecule has 3 aromatic rings. The molecule has 9 heteroatoms. The lowest BCUT2D eigenvalue weighted by Crippen LogP contribution is -2.16. The number of aromatic nitrogens is 2. The molecule has 0 unspecified atom stereocenters. The van der Waals surface area contributed by atoms with Crippen molar-refractivity contribution in [3.8, 4) is 22.8 Å². The van der Waals surface area contributed by atoms with Crippen LogP contribution in [0.3, 0.4) is 0 Å². The molecule has 32 heavy (non-hydrogen) atoms. The minimum absolute atomic E-state index is 0.0601. The molecule has 0 amide bonds. The van der Waals surface area contributed by atoms with Gasteiger partial charge < -0.3 is 19.5 Å². The molecule has 0 spiro atoms. The van der Waals surface area contributed by atoms with E-state index in [4.69, 9.17) is 9.47 Å². The van der Waals surface area contributed by atoms with Gasteiger partial charge in [-0.25, -0.2) is 4.39 Å². The molecule has 0 saturated carbocycles. The van der Waals surface area contributed by atoms with Crippen LogP contribution in [-0.4, -0.2) is 43.0 Å². The molecule has 0 radical (unpaired) electrons. The Morgan fingerprint density at radius 3 is 2.53 bits per heavy atom. The van der Waals surface area contributed by atoms with Gasteiger partial charge in [-0.15, -0.1) is 5.10 Å². The summed E-state index contributed by atoms with van der Waals surface area (Å²) < 4.78 is 30.4. The fraction of sp³-hybridized carbons (Fsp3) is 0.261. The summed E-state index contributed by atoms with van der Waals surface area (Å²) in [4.78, 5) is 24.5. The first-order valence-corrected chi connectivity index (χ1v) is 9.95. The number of esters is 1. The van der Waals surface area contributed by atoms with Crippen molar-refractivity contribution in [2.75, 3.05) is 26.6 Å². The van der Waals surface area contributed by atoms with E-state index in [9.17, 15) is 14.0 Å². The van der Waals surface area contributed by atoms with Gasteiger partial charge in [-0.1, -0.05) is 6.07 Å². The molecule has 166 valence electrons. The zero-order valence-corrected chi connectivity index (χ0v) is 17.9. The number of carbonyl (C=O) groups is 2. The second-order valence-electron chi connectivity index (χ2n) is 7.23. The van der Waals surface area contributed by atoms with Gasteiger partial charge in [0.15, 0.2) is 17.3 Å². The predicted molar refractivity (Wildman–Crippen MR) is 115 cm³/mol. The average Bonchev–Trinajstić information content (AvgIpc) is 3.33. The molecular weight excluding hydrogens is 417 g/mol. The molecule has 8 nitrogen and oxygen atoms in total. The summed E-state index contributed by atoms with van der Waals surface area (Å²) in [6, 6.07) is 9.65. The van der Waals surface area contributed by atoms with E-state index in [-0.39, 0.29) is 18.7 Å². The molecule has 1 heterocycles. The molecule has 0 atom stereocenters. The summed E-state index contributed by atoms with van der Waals surface area (Å²) in [6.45, 7) is 0. The van der Waals surface area contributed by atoms with Crippen LogP contribution in [0.25, 0.3) is 11.3 Å². The first-order valence-electron chi connectivity index (χ1n) is 9.95. The smallest absolute Gasteiger partial charge is 0.306 e. The van der Waals surface area contributed by atoms with Gasteiger partial charge in [-0.05, 0) is 35.9 Å². The van der Waals surface area contributed by atoms with Crippen LogP contribution in [0.1, 0.15) is 28.8 Å². The standard InChI is InChI=1S/C23H22FN3O5/c1-30-18-10-13-9-17-22(16(13)12-19(18)31-2)27(20(28)7-8-21(29)32-3)26-23(17)25-15-6-4-5-14(24)11-15/h4-6,10-12H,7-9H2,1-3H3,(H,25,26). The second-order valence-corrected chi connectivity index (χ2v) is 7.23. The number of nitrogens with zero attached hydrogens (tertiary/aromatic N) is 2. The first kappa shape index (κ1) is 21.4. The van der Waals surface area contributed by atoms with Crippen LogP contribution in [0, 0.1) is 5.82 Å². The number of carbonyl (C=O) groups excluding carboxylic acids is 2. The maximum atomic E-state index is 13.7. The summed E-state index contributed by atoms with van der Waals surface area (Å²) in [5, 5.41) is 7.58. The fourth-order valence-electron chi connectivity index (χ4n) is 3.77. The number of rotatable bonds is 7. The summed E-state index contributed by atoms with van der Waals surface area (Å²) >= 11 is 0. The molecule has 1 aliphatic carbocycles. The number of methoxy groups -OCH3 is 3. The predicted octanol–water partition coefficient (Wildman–Crippen LogP) is 3.95. The highest BCUT2D eigenvalue weighted by Crippen LogP contribution is 2.45. The number of nitrogens with one attached hydrogen (secondary N) is 1. The number of ether oxygens (including phenoxy) is 3. The van der Waals surface area contributed by atoms with Gasteiger partial charge in [0.1, 0.15) is 5.82 Å². The van der Waals surface area contributed by atoms with Gasteiger partial charge in [-0.2, -0.15) is 4.68 Å². The Hall–Kier alpha value is -3.88. The van der Waals surface area contributed by atoms with Gasteiger partial charge in [0.2, 0.25) is 5.91 Å². The Morgan fingerprint density at radius 2 is 1.84 bits per heavy atom.